The Bertz CT molecular complexity index is 727. The van der Waals surface area contributed by atoms with Gasteiger partial charge in [0.2, 0.25) is 0 Å². The van der Waals surface area contributed by atoms with Crippen LogP contribution < -0.4 is 10.6 Å². The molecule has 0 spiro atoms. The number of nitrogens with one attached hydrogen (secondary N) is 2. The predicted octanol–water partition coefficient (Wildman–Crippen LogP) is 1.49. The molecule has 3 rings (SSSR count). The van der Waals surface area contributed by atoms with Gasteiger partial charge in [0.15, 0.2) is 5.96 Å². The van der Waals surface area contributed by atoms with Crippen molar-refractivity contribution in [2.24, 2.45) is 4.99 Å². The van der Waals surface area contributed by atoms with Crippen LogP contribution in [0.15, 0.2) is 35.3 Å². The maximum Gasteiger partial charge on any atom is 0.191 e. The highest BCUT2D eigenvalue weighted by atomic mass is 16.3. The van der Waals surface area contributed by atoms with Crippen molar-refractivity contribution in [2.75, 3.05) is 26.7 Å². The summed E-state index contributed by atoms with van der Waals surface area (Å²) in [4.78, 5) is 4.28. The molecule has 1 aromatic heterocycles. The van der Waals surface area contributed by atoms with Crippen molar-refractivity contribution >= 4 is 5.96 Å². The van der Waals surface area contributed by atoms with Crippen molar-refractivity contribution in [3.8, 4) is 0 Å². The summed E-state index contributed by atoms with van der Waals surface area (Å²) in [6.07, 6.45) is 5.53. The standard InChI is InChI=1S/C20H30N6O/c1-21-20(23-14-17(15-27)16-8-4-2-5-9-16)22-12-11-19-25-24-18-10-6-3-7-13-26(18)19/h2,4-5,8-9,17,27H,3,6-7,10-15H2,1H3,(H2,21,22,23). The molecule has 0 saturated heterocycles. The van der Waals surface area contributed by atoms with Gasteiger partial charge in [-0.2, -0.15) is 0 Å². The molecule has 7 nitrogen and oxygen atoms in total. The Balaban J connectivity index is 1.48. The van der Waals surface area contributed by atoms with Crippen LogP contribution in [-0.4, -0.2) is 52.6 Å². The summed E-state index contributed by atoms with van der Waals surface area (Å²) in [5.74, 6) is 2.95. The van der Waals surface area contributed by atoms with Gasteiger partial charge in [0, 0.05) is 45.4 Å². The first kappa shape index (κ1) is 19.4. The minimum Gasteiger partial charge on any atom is -0.396 e. The summed E-state index contributed by atoms with van der Waals surface area (Å²) in [5.41, 5.74) is 1.12. The number of aliphatic hydroxyl groups excluding tert-OH is 1. The SMILES string of the molecule is CN=C(NCCc1nnc2n1CCCCC2)NCC(CO)c1ccccc1. The molecule has 0 radical (unpaired) electrons. The van der Waals surface area contributed by atoms with E-state index in [1.54, 1.807) is 7.05 Å². The van der Waals surface area contributed by atoms with Crippen molar-refractivity contribution in [2.45, 2.75) is 44.6 Å². The van der Waals surface area contributed by atoms with E-state index in [4.69, 9.17) is 0 Å². The molecule has 1 atom stereocenters. The number of benzene rings is 1. The normalized spacial score (nSPS) is 15.7. The number of aryl methyl sites for hydroxylation is 1. The second kappa shape index (κ2) is 10.1. The minimum absolute atomic E-state index is 0.0389. The highest BCUT2D eigenvalue weighted by Gasteiger charge is 2.15. The van der Waals surface area contributed by atoms with Crippen LogP contribution in [0.1, 0.15) is 42.4 Å². The van der Waals surface area contributed by atoms with Gasteiger partial charge in [0.1, 0.15) is 11.6 Å². The number of fused-ring (bicyclic) bond motifs is 1. The molecular weight excluding hydrogens is 340 g/mol. The Hall–Kier alpha value is -2.41. The van der Waals surface area contributed by atoms with E-state index in [1.807, 2.05) is 30.3 Å². The van der Waals surface area contributed by atoms with Gasteiger partial charge in [-0.15, -0.1) is 10.2 Å². The largest absolute Gasteiger partial charge is 0.396 e. The number of guanidine groups is 1. The van der Waals surface area contributed by atoms with Crippen LogP contribution in [0, 0.1) is 0 Å². The third-order valence-electron chi connectivity index (χ3n) is 5.06. The fourth-order valence-electron chi connectivity index (χ4n) is 3.48. The van der Waals surface area contributed by atoms with Crippen molar-refractivity contribution in [1.82, 2.24) is 25.4 Å². The van der Waals surface area contributed by atoms with E-state index in [0.29, 0.717) is 6.54 Å². The number of aliphatic hydroxyl groups is 1. The smallest absolute Gasteiger partial charge is 0.191 e. The van der Waals surface area contributed by atoms with E-state index >= 15 is 0 Å². The van der Waals surface area contributed by atoms with E-state index in [1.165, 1.54) is 19.3 Å². The Kier molecular flexibility index (Phi) is 7.21. The van der Waals surface area contributed by atoms with Crippen LogP contribution in [0.25, 0.3) is 0 Å². The van der Waals surface area contributed by atoms with Gasteiger partial charge in [-0.05, 0) is 18.4 Å². The molecule has 1 aliphatic heterocycles. The highest BCUT2D eigenvalue weighted by Crippen LogP contribution is 2.15. The second-order valence-electron chi connectivity index (χ2n) is 6.91. The Labute approximate surface area is 160 Å². The molecule has 1 aromatic carbocycles. The lowest BCUT2D eigenvalue weighted by molar-refractivity contribution is 0.265. The fourth-order valence-corrected chi connectivity index (χ4v) is 3.48. The van der Waals surface area contributed by atoms with E-state index in [9.17, 15) is 5.11 Å². The van der Waals surface area contributed by atoms with E-state index in [2.05, 4.69) is 30.4 Å². The number of rotatable bonds is 7. The van der Waals surface area contributed by atoms with Crippen LogP contribution >= 0.6 is 0 Å². The van der Waals surface area contributed by atoms with Gasteiger partial charge in [0.05, 0.1) is 6.61 Å². The van der Waals surface area contributed by atoms with Gasteiger partial charge < -0.3 is 20.3 Å². The zero-order chi connectivity index (χ0) is 18.9. The molecule has 0 fully saturated rings. The molecule has 1 aliphatic rings. The molecule has 7 heteroatoms. The molecule has 3 N–H and O–H groups in total. The van der Waals surface area contributed by atoms with Gasteiger partial charge in [0.25, 0.3) is 0 Å². The van der Waals surface area contributed by atoms with E-state index in [-0.39, 0.29) is 12.5 Å². The summed E-state index contributed by atoms with van der Waals surface area (Å²) in [5, 5.41) is 25.0. The monoisotopic (exact) mass is 370 g/mol. The summed E-state index contributed by atoms with van der Waals surface area (Å²) < 4.78 is 2.28. The zero-order valence-corrected chi connectivity index (χ0v) is 16.1. The van der Waals surface area contributed by atoms with Crippen LogP contribution in [-0.2, 0) is 19.4 Å². The van der Waals surface area contributed by atoms with Gasteiger partial charge in [-0.1, -0.05) is 36.8 Å². The average Bonchev–Trinajstić information content (AvgIpc) is 2.94. The van der Waals surface area contributed by atoms with Crippen LogP contribution in [0.2, 0.25) is 0 Å². The lowest BCUT2D eigenvalue weighted by Crippen LogP contribution is -2.40. The summed E-state index contributed by atoms with van der Waals surface area (Å²) in [7, 11) is 1.76. The highest BCUT2D eigenvalue weighted by molar-refractivity contribution is 5.79. The van der Waals surface area contributed by atoms with Crippen LogP contribution in [0.3, 0.4) is 0 Å². The Morgan fingerprint density at radius 2 is 2.04 bits per heavy atom. The number of hydrogen-bond donors (Lipinski definition) is 3. The van der Waals surface area contributed by atoms with Crippen molar-refractivity contribution in [1.29, 1.82) is 0 Å². The van der Waals surface area contributed by atoms with E-state index in [0.717, 1.165) is 49.1 Å². The average molecular weight is 371 g/mol. The van der Waals surface area contributed by atoms with E-state index < -0.39 is 0 Å². The third-order valence-corrected chi connectivity index (χ3v) is 5.06. The topological polar surface area (TPSA) is 87.4 Å². The first-order chi connectivity index (χ1) is 13.3. The summed E-state index contributed by atoms with van der Waals surface area (Å²) >= 11 is 0. The van der Waals surface area contributed by atoms with Crippen molar-refractivity contribution < 1.29 is 5.11 Å². The molecule has 0 aliphatic carbocycles. The zero-order valence-electron chi connectivity index (χ0n) is 16.1. The first-order valence-electron chi connectivity index (χ1n) is 9.83. The molecule has 2 aromatic rings. The number of aliphatic imine (C=N–C) groups is 1. The predicted molar refractivity (Wildman–Crippen MR) is 107 cm³/mol. The van der Waals surface area contributed by atoms with Crippen molar-refractivity contribution in [3.05, 3.63) is 47.5 Å². The fraction of sp³-hybridized carbons (Fsp3) is 0.550. The molecule has 0 amide bonds. The Morgan fingerprint density at radius 1 is 1.19 bits per heavy atom. The molecule has 146 valence electrons. The first-order valence-corrected chi connectivity index (χ1v) is 9.83. The summed E-state index contributed by atoms with van der Waals surface area (Å²) in [6.45, 7) is 2.49. The lowest BCUT2D eigenvalue weighted by atomic mass is 10.0. The lowest BCUT2D eigenvalue weighted by Gasteiger charge is -2.18. The van der Waals surface area contributed by atoms with Crippen LogP contribution in [0.4, 0.5) is 0 Å². The molecule has 27 heavy (non-hydrogen) atoms. The quantitative estimate of drug-likeness (QED) is 0.508. The Morgan fingerprint density at radius 3 is 2.81 bits per heavy atom. The molecule has 2 heterocycles. The molecule has 0 bridgehead atoms. The second-order valence-corrected chi connectivity index (χ2v) is 6.91. The number of aromatic nitrogens is 3. The molecule has 0 saturated carbocycles. The maximum absolute atomic E-state index is 9.68. The van der Waals surface area contributed by atoms with Gasteiger partial charge >= 0.3 is 0 Å². The number of nitrogens with zero attached hydrogens (tertiary/aromatic N) is 4. The van der Waals surface area contributed by atoms with Gasteiger partial charge in [-0.3, -0.25) is 4.99 Å². The summed E-state index contributed by atoms with van der Waals surface area (Å²) in [6, 6.07) is 10.0. The molecule has 1 unspecified atom stereocenters. The number of hydrogen-bond acceptors (Lipinski definition) is 4. The maximum atomic E-state index is 9.68. The van der Waals surface area contributed by atoms with Crippen LogP contribution in [0.5, 0.6) is 0 Å². The van der Waals surface area contributed by atoms with Gasteiger partial charge in [-0.25, -0.2) is 0 Å². The molecular formula is C20H30N6O. The van der Waals surface area contributed by atoms with Crippen molar-refractivity contribution in [3.63, 3.8) is 0 Å². The third kappa shape index (κ3) is 5.29. The minimum atomic E-state index is 0.0389.